The van der Waals surface area contributed by atoms with Crippen molar-refractivity contribution in [1.82, 2.24) is 5.01 Å². The van der Waals surface area contributed by atoms with Gasteiger partial charge in [0.25, 0.3) is 5.91 Å². The Kier molecular flexibility index (Phi) is 3.95. The number of nitrogens with zero attached hydrogens (tertiary/aromatic N) is 2. The van der Waals surface area contributed by atoms with Crippen molar-refractivity contribution in [2.75, 3.05) is 18.9 Å². The standard InChI is InChI=1S/C23H17N3O5/c27-23-16-3-1-2-4-17(16)25-22(15-6-8-19-21(10-15)31-13-29-19)26(23)24-11-14-5-7-18-20(9-14)30-12-28-18/h1-11,22,25H,12-13H2/b24-11+. The van der Waals surface area contributed by atoms with Crippen LogP contribution in [0.2, 0.25) is 0 Å². The zero-order valence-corrected chi connectivity index (χ0v) is 16.3. The lowest BCUT2D eigenvalue weighted by molar-refractivity contribution is 0.0691. The summed E-state index contributed by atoms with van der Waals surface area (Å²) in [6.45, 7) is 0.387. The summed E-state index contributed by atoms with van der Waals surface area (Å²) in [5.41, 5.74) is 2.93. The quantitative estimate of drug-likeness (QED) is 0.657. The lowest BCUT2D eigenvalue weighted by Crippen LogP contribution is -2.39. The number of benzene rings is 3. The van der Waals surface area contributed by atoms with Gasteiger partial charge in [-0.2, -0.15) is 5.10 Å². The van der Waals surface area contributed by atoms with Gasteiger partial charge in [0.15, 0.2) is 29.2 Å². The van der Waals surface area contributed by atoms with Gasteiger partial charge in [0.05, 0.1) is 11.8 Å². The molecule has 0 radical (unpaired) electrons. The van der Waals surface area contributed by atoms with Gasteiger partial charge in [-0.05, 0) is 48.0 Å². The number of amides is 1. The highest BCUT2D eigenvalue weighted by Crippen LogP contribution is 2.39. The minimum atomic E-state index is -0.512. The molecule has 1 unspecified atom stereocenters. The number of nitrogens with one attached hydrogen (secondary N) is 1. The Morgan fingerprint density at radius 3 is 2.42 bits per heavy atom. The van der Waals surface area contributed by atoms with Crippen LogP contribution in [0.15, 0.2) is 65.8 Å². The van der Waals surface area contributed by atoms with Crippen LogP contribution in [0.3, 0.4) is 0 Å². The third-order valence-corrected chi connectivity index (χ3v) is 5.34. The monoisotopic (exact) mass is 415 g/mol. The summed E-state index contributed by atoms with van der Waals surface area (Å²) in [6.07, 6.45) is 1.12. The van der Waals surface area contributed by atoms with E-state index in [4.69, 9.17) is 18.9 Å². The van der Waals surface area contributed by atoms with Crippen molar-refractivity contribution in [2.45, 2.75) is 6.17 Å². The normalized spacial score (nSPS) is 18.3. The van der Waals surface area contributed by atoms with Gasteiger partial charge in [-0.3, -0.25) is 4.79 Å². The molecule has 0 spiro atoms. The van der Waals surface area contributed by atoms with Gasteiger partial charge in [-0.1, -0.05) is 18.2 Å². The Bertz CT molecular complexity index is 1230. The maximum absolute atomic E-state index is 13.3. The Balaban J connectivity index is 1.38. The smallest absolute Gasteiger partial charge is 0.278 e. The third kappa shape index (κ3) is 3.00. The fraction of sp³-hybridized carbons (Fsp3) is 0.130. The van der Waals surface area contributed by atoms with Crippen LogP contribution in [-0.4, -0.2) is 30.7 Å². The van der Waals surface area contributed by atoms with E-state index in [0.29, 0.717) is 28.6 Å². The molecule has 0 aromatic heterocycles. The van der Waals surface area contributed by atoms with Gasteiger partial charge in [0.1, 0.15) is 0 Å². The second-order valence-electron chi connectivity index (χ2n) is 7.21. The minimum Gasteiger partial charge on any atom is -0.454 e. The van der Waals surface area contributed by atoms with Crippen LogP contribution in [0.4, 0.5) is 5.69 Å². The molecule has 154 valence electrons. The number of anilines is 1. The van der Waals surface area contributed by atoms with Crippen molar-refractivity contribution in [3.05, 3.63) is 77.4 Å². The largest absolute Gasteiger partial charge is 0.454 e. The van der Waals surface area contributed by atoms with E-state index in [1.54, 1.807) is 12.3 Å². The molecule has 1 N–H and O–H groups in total. The first kappa shape index (κ1) is 17.6. The number of fused-ring (bicyclic) bond motifs is 3. The highest BCUT2D eigenvalue weighted by Gasteiger charge is 2.33. The predicted octanol–water partition coefficient (Wildman–Crippen LogP) is 3.74. The molecule has 0 saturated heterocycles. The van der Waals surface area contributed by atoms with Gasteiger partial charge in [0, 0.05) is 11.3 Å². The first-order valence-corrected chi connectivity index (χ1v) is 9.78. The fourth-order valence-corrected chi connectivity index (χ4v) is 3.79. The summed E-state index contributed by atoms with van der Waals surface area (Å²) >= 11 is 0. The summed E-state index contributed by atoms with van der Waals surface area (Å²) < 4.78 is 21.7. The number of ether oxygens (including phenoxy) is 4. The number of hydrogen-bond acceptors (Lipinski definition) is 7. The first-order chi connectivity index (χ1) is 15.3. The molecule has 3 aromatic rings. The highest BCUT2D eigenvalue weighted by molar-refractivity contribution is 6.02. The number of para-hydroxylation sites is 1. The summed E-state index contributed by atoms with van der Waals surface area (Å²) in [4.78, 5) is 13.3. The van der Waals surface area contributed by atoms with E-state index < -0.39 is 6.17 Å². The zero-order chi connectivity index (χ0) is 20.8. The lowest BCUT2D eigenvalue weighted by Gasteiger charge is -2.34. The van der Waals surface area contributed by atoms with E-state index in [-0.39, 0.29) is 19.5 Å². The topological polar surface area (TPSA) is 81.6 Å². The number of carbonyl (C=O) groups is 1. The zero-order valence-electron chi connectivity index (χ0n) is 16.3. The summed E-state index contributed by atoms with van der Waals surface area (Å²) in [5, 5.41) is 9.39. The first-order valence-electron chi connectivity index (χ1n) is 9.78. The van der Waals surface area contributed by atoms with Crippen LogP contribution in [-0.2, 0) is 0 Å². The third-order valence-electron chi connectivity index (χ3n) is 5.34. The molecule has 0 bridgehead atoms. The molecule has 31 heavy (non-hydrogen) atoms. The second-order valence-corrected chi connectivity index (χ2v) is 7.21. The van der Waals surface area contributed by atoms with Crippen LogP contribution in [0.25, 0.3) is 0 Å². The molecule has 1 atom stereocenters. The van der Waals surface area contributed by atoms with Gasteiger partial charge in [-0.25, -0.2) is 5.01 Å². The maximum atomic E-state index is 13.3. The van der Waals surface area contributed by atoms with Crippen molar-refractivity contribution in [3.8, 4) is 23.0 Å². The predicted molar refractivity (Wildman–Crippen MR) is 112 cm³/mol. The molecule has 3 aliphatic rings. The van der Waals surface area contributed by atoms with Crippen molar-refractivity contribution < 1.29 is 23.7 Å². The van der Waals surface area contributed by atoms with Crippen LogP contribution in [0, 0.1) is 0 Å². The molecule has 3 aliphatic heterocycles. The average molecular weight is 415 g/mol. The molecule has 0 aliphatic carbocycles. The number of hydrazone groups is 1. The fourth-order valence-electron chi connectivity index (χ4n) is 3.79. The average Bonchev–Trinajstić information content (AvgIpc) is 3.46. The van der Waals surface area contributed by atoms with E-state index in [0.717, 1.165) is 16.8 Å². The van der Waals surface area contributed by atoms with E-state index >= 15 is 0 Å². The van der Waals surface area contributed by atoms with Gasteiger partial charge >= 0.3 is 0 Å². The SMILES string of the molecule is O=C1c2ccccc2NC(c2ccc3c(c2)OCO3)N1/N=C/c1ccc2c(c1)OCO2. The van der Waals surface area contributed by atoms with Crippen LogP contribution < -0.4 is 24.3 Å². The van der Waals surface area contributed by atoms with Crippen LogP contribution in [0.1, 0.15) is 27.7 Å². The van der Waals surface area contributed by atoms with Gasteiger partial charge in [0.2, 0.25) is 13.6 Å². The van der Waals surface area contributed by atoms with E-state index in [1.807, 2.05) is 54.6 Å². The minimum absolute atomic E-state index is 0.185. The molecule has 3 heterocycles. The Labute approximate surface area is 177 Å². The van der Waals surface area contributed by atoms with Crippen molar-refractivity contribution >= 4 is 17.8 Å². The van der Waals surface area contributed by atoms with E-state index in [2.05, 4.69) is 10.4 Å². The van der Waals surface area contributed by atoms with Crippen LogP contribution >= 0.6 is 0 Å². The Hall–Kier alpha value is -4.20. The number of hydrogen-bond donors (Lipinski definition) is 1. The molecule has 0 saturated carbocycles. The summed E-state index contributed by atoms with van der Waals surface area (Å²) in [6, 6.07) is 18.5. The van der Waals surface area contributed by atoms with Crippen LogP contribution in [0.5, 0.6) is 23.0 Å². The van der Waals surface area contributed by atoms with Crippen molar-refractivity contribution in [1.29, 1.82) is 0 Å². The molecular formula is C23H17N3O5. The van der Waals surface area contributed by atoms with Crippen molar-refractivity contribution in [2.24, 2.45) is 5.10 Å². The molecule has 1 amide bonds. The molecule has 8 nitrogen and oxygen atoms in total. The van der Waals surface area contributed by atoms with E-state index in [1.165, 1.54) is 5.01 Å². The number of rotatable bonds is 3. The molecular weight excluding hydrogens is 398 g/mol. The van der Waals surface area contributed by atoms with Crippen molar-refractivity contribution in [3.63, 3.8) is 0 Å². The Morgan fingerprint density at radius 2 is 1.58 bits per heavy atom. The molecule has 6 rings (SSSR count). The van der Waals surface area contributed by atoms with Gasteiger partial charge in [-0.15, -0.1) is 0 Å². The van der Waals surface area contributed by atoms with E-state index in [9.17, 15) is 4.79 Å². The summed E-state index contributed by atoms with van der Waals surface area (Å²) in [5.74, 6) is 2.48. The van der Waals surface area contributed by atoms with Gasteiger partial charge < -0.3 is 24.3 Å². The second kappa shape index (κ2) is 6.94. The lowest BCUT2D eigenvalue weighted by atomic mass is 10.0. The molecule has 3 aromatic carbocycles. The number of carbonyl (C=O) groups excluding carboxylic acids is 1. The maximum Gasteiger partial charge on any atom is 0.278 e. The highest BCUT2D eigenvalue weighted by atomic mass is 16.7. The Morgan fingerprint density at radius 1 is 0.871 bits per heavy atom. The molecule has 8 heteroatoms. The summed E-state index contributed by atoms with van der Waals surface area (Å²) in [7, 11) is 0. The molecule has 0 fully saturated rings.